The van der Waals surface area contributed by atoms with Crippen molar-refractivity contribution >= 4 is 17.3 Å². The van der Waals surface area contributed by atoms with Crippen LogP contribution in [0.3, 0.4) is 0 Å². The lowest BCUT2D eigenvalue weighted by atomic mass is 10.2. The Morgan fingerprint density at radius 1 is 1.07 bits per heavy atom. The molecule has 2 aromatic carbocycles. The molecule has 0 spiro atoms. The van der Waals surface area contributed by atoms with Crippen molar-refractivity contribution in [2.75, 3.05) is 24.5 Å². The summed E-state index contributed by atoms with van der Waals surface area (Å²) in [6.07, 6.45) is 1.60. The molecule has 1 aliphatic heterocycles. The first kappa shape index (κ1) is 17.7. The quantitative estimate of drug-likeness (QED) is 0.682. The number of hydrogen-bond acceptors (Lipinski definition) is 6. The maximum Gasteiger partial charge on any atom is 0.274 e. The van der Waals surface area contributed by atoms with Gasteiger partial charge in [-0.15, -0.1) is 0 Å². The number of amides is 1. The zero-order chi connectivity index (χ0) is 19.3. The maximum absolute atomic E-state index is 12.5. The summed E-state index contributed by atoms with van der Waals surface area (Å²) in [5.74, 6) is 1.78. The number of pyridine rings is 1. The van der Waals surface area contributed by atoms with Crippen LogP contribution in [0.5, 0.6) is 17.2 Å². The highest BCUT2D eigenvalue weighted by Gasteiger charge is 2.15. The molecule has 4 rings (SSSR count). The fourth-order valence-electron chi connectivity index (χ4n) is 2.88. The van der Waals surface area contributed by atoms with E-state index < -0.39 is 0 Å². The predicted molar refractivity (Wildman–Crippen MR) is 105 cm³/mol. The van der Waals surface area contributed by atoms with E-state index in [1.54, 1.807) is 37.6 Å². The third-order valence-corrected chi connectivity index (χ3v) is 4.30. The van der Waals surface area contributed by atoms with Crippen LogP contribution in [-0.4, -0.2) is 24.8 Å². The van der Waals surface area contributed by atoms with Gasteiger partial charge in [0.25, 0.3) is 5.91 Å². The molecule has 2 heterocycles. The van der Waals surface area contributed by atoms with Gasteiger partial charge in [-0.05, 0) is 30.3 Å². The van der Waals surface area contributed by atoms with Gasteiger partial charge in [-0.25, -0.2) is 0 Å². The lowest BCUT2D eigenvalue weighted by Crippen LogP contribution is -2.14. The molecule has 7 heteroatoms. The van der Waals surface area contributed by atoms with E-state index in [-0.39, 0.29) is 12.7 Å². The van der Waals surface area contributed by atoms with Crippen molar-refractivity contribution in [2.45, 2.75) is 6.54 Å². The van der Waals surface area contributed by atoms with Crippen LogP contribution in [0.2, 0.25) is 0 Å². The number of aromatic nitrogens is 1. The Bertz CT molecular complexity index is 1010. The minimum atomic E-state index is -0.306. The number of fused-ring (bicyclic) bond motifs is 1. The fourth-order valence-corrected chi connectivity index (χ4v) is 2.88. The van der Waals surface area contributed by atoms with E-state index in [1.807, 2.05) is 30.3 Å². The number of rotatable bonds is 6. The Morgan fingerprint density at radius 2 is 1.93 bits per heavy atom. The molecule has 1 aliphatic rings. The molecule has 142 valence electrons. The number of benzene rings is 2. The minimum absolute atomic E-state index is 0.189. The van der Waals surface area contributed by atoms with Gasteiger partial charge in [-0.3, -0.25) is 9.78 Å². The van der Waals surface area contributed by atoms with Crippen LogP contribution in [0.15, 0.2) is 60.8 Å². The molecule has 0 saturated heterocycles. The van der Waals surface area contributed by atoms with Crippen molar-refractivity contribution in [3.05, 3.63) is 72.1 Å². The first-order chi connectivity index (χ1) is 13.7. The van der Waals surface area contributed by atoms with Gasteiger partial charge < -0.3 is 24.8 Å². The van der Waals surface area contributed by atoms with Gasteiger partial charge in [0, 0.05) is 35.7 Å². The highest BCUT2D eigenvalue weighted by atomic mass is 16.7. The third-order valence-electron chi connectivity index (χ3n) is 4.30. The number of methoxy groups -OCH3 is 1. The maximum atomic E-state index is 12.5. The molecule has 1 amide bonds. The summed E-state index contributed by atoms with van der Waals surface area (Å²) in [4.78, 5) is 16.7. The molecule has 0 fully saturated rings. The molecule has 2 N–H and O–H groups in total. The summed E-state index contributed by atoms with van der Waals surface area (Å²) in [6.45, 7) is 0.755. The molecule has 0 bridgehead atoms. The highest BCUT2D eigenvalue weighted by Crippen LogP contribution is 2.34. The second-order valence-corrected chi connectivity index (χ2v) is 6.12. The van der Waals surface area contributed by atoms with E-state index in [0.717, 1.165) is 17.0 Å². The van der Waals surface area contributed by atoms with Crippen molar-refractivity contribution in [2.24, 2.45) is 0 Å². The Hall–Kier alpha value is -3.74. The molecular formula is C21H19N3O4. The average Bonchev–Trinajstić information content (AvgIpc) is 3.20. The van der Waals surface area contributed by atoms with Crippen LogP contribution < -0.4 is 24.8 Å². The van der Waals surface area contributed by atoms with Gasteiger partial charge in [0.2, 0.25) is 6.79 Å². The van der Waals surface area contributed by atoms with Crippen molar-refractivity contribution < 1.29 is 19.0 Å². The molecule has 0 radical (unpaired) electrons. The second-order valence-electron chi connectivity index (χ2n) is 6.12. The first-order valence-corrected chi connectivity index (χ1v) is 8.76. The highest BCUT2D eigenvalue weighted by molar-refractivity contribution is 6.03. The van der Waals surface area contributed by atoms with E-state index in [0.29, 0.717) is 29.4 Å². The van der Waals surface area contributed by atoms with Gasteiger partial charge in [-0.2, -0.15) is 0 Å². The summed E-state index contributed by atoms with van der Waals surface area (Å²) in [6, 6.07) is 16.5. The lowest BCUT2D eigenvalue weighted by Gasteiger charge is -2.11. The van der Waals surface area contributed by atoms with Gasteiger partial charge in [-0.1, -0.05) is 18.2 Å². The lowest BCUT2D eigenvalue weighted by molar-refractivity contribution is 0.102. The molecule has 7 nitrogen and oxygen atoms in total. The monoisotopic (exact) mass is 377 g/mol. The van der Waals surface area contributed by atoms with Crippen molar-refractivity contribution in [3.8, 4) is 17.2 Å². The van der Waals surface area contributed by atoms with Crippen molar-refractivity contribution in [3.63, 3.8) is 0 Å². The molecule has 1 aromatic heterocycles. The van der Waals surface area contributed by atoms with E-state index in [1.165, 1.54) is 0 Å². The largest absolute Gasteiger partial charge is 0.496 e. The summed E-state index contributed by atoms with van der Waals surface area (Å²) < 4.78 is 16.0. The number of nitrogens with one attached hydrogen (secondary N) is 2. The van der Waals surface area contributed by atoms with Crippen LogP contribution in [0.25, 0.3) is 0 Å². The van der Waals surface area contributed by atoms with Crippen LogP contribution >= 0.6 is 0 Å². The SMILES string of the molecule is COc1ccccc1CNc1ccnc(C(=O)Nc2ccc3c(c2)OCO3)c1. The molecule has 0 aliphatic carbocycles. The van der Waals surface area contributed by atoms with Gasteiger partial charge in [0.05, 0.1) is 7.11 Å². The third kappa shape index (κ3) is 3.83. The number of nitrogens with zero attached hydrogens (tertiary/aromatic N) is 1. The Morgan fingerprint density at radius 3 is 2.82 bits per heavy atom. The molecule has 0 unspecified atom stereocenters. The zero-order valence-electron chi connectivity index (χ0n) is 15.3. The zero-order valence-corrected chi connectivity index (χ0v) is 15.3. The van der Waals surface area contributed by atoms with Crippen molar-refractivity contribution in [1.29, 1.82) is 0 Å². The number of para-hydroxylation sites is 1. The summed E-state index contributed by atoms with van der Waals surface area (Å²) in [5.41, 5.74) is 2.73. The summed E-state index contributed by atoms with van der Waals surface area (Å²) in [5, 5.41) is 6.11. The fraction of sp³-hybridized carbons (Fsp3) is 0.143. The number of carbonyl (C=O) groups excluding carboxylic acids is 1. The van der Waals surface area contributed by atoms with Gasteiger partial charge in [0.1, 0.15) is 11.4 Å². The number of ether oxygens (including phenoxy) is 3. The van der Waals surface area contributed by atoms with E-state index in [4.69, 9.17) is 14.2 Å². The van der Waals surface area contributed by atoms with Crippen molar-refractivity contribution in [1.82, 2.24) is 4.98 Å². The Balaban J connectivity index is 1.43. The number of anilines is 2. The number of carbonyl (C=O) groups is 1. The smallest absolute Gasteiger partial charge is 0.274 e. The normalized spacial score (nSPS) is 11.8. The standard InChI is InChI=1S/C21H19N3O4/c1-26-18-5-3-2-4-14(18)12-23-15-8-9-22-17(10-15)21(25)24-16-6-7-19-20(11-16)28-13-27-19/h2-11H,12-13H2,1H3,(H,22,23)(H,24,25). The van der Waals surface area contributed by atoms with Crippen LogP contribution in [0.1, 0.15) is 16.1 Å². The molecule has 0 saturated carbocycles. The van der Waals surface area contributed by atoms with E-state index in [9.17, 15) is 4.79 Å². The first-order valence-electron chi connectivity index (χ1n) is 8.76. The molecular weight excluding hydrogens is 358 g/mol. The molecule has 0 atom stereocenters. The summed E-state index contributed by atoms with van der Waals surface area (Å²) in [7, 11) is 1.64. The summed E-state index contributed by atoms with van der Waals surface area (Å²) >= 11 is 0. The number of hydrogen-bond donors (Lipinski definition) is 2. The second kappa shape index (κ2) is 7.87. The Labute approximate surface area is 162 Å². The topological polar surface area (TPSA) is 81.7 Å². The average molecular weight is 377 g/mol. The molecule has 28 heavy (non-hydrogen) atoms. The Kier molecular flexibility index (Phi) is 4.97. The van der Waals surface area contributed by atoms with E-state index >= 15 is 0 Å². The van der Waals surface area contributed by atoms with E-state index in [2.05, 4.69) is 15.6 Å². The van der Waals surface area contributed by atoms with Gasteiger partial charge in [0.15, 0.2) is 11.5 Å². The van der Waals surface area contributed by atoms with Crippen LogP contribution in [0.4, 0.5) is 11.4 Å². The van der Waals surface area contributed by atoms with Crippen LogP contribution in [-0.2, 0) is 6.54 Å². The van der Waals surface area contributed by atoms with Crippen LogP contribution in [0, 0.1) is 0 Å². The molecule has 3 aromatic rings. The predicted octanol–water partition coefficient (Wildman–Crippen LogP) is 3.68. The minimum Gasteiger partial charge on any atom is -0.496 e. The van der Waals surface area contributed by atoms with Gasteiger partial charge >= 0.3 is 0 Å².